The number of rotatable bonds is 9. The molecule has 0 aliphatic carbocycles. The molecule has 2 aromatic carbocycles. The maximum Gasteiger partial charge on any atom is 0.186 e. The summed E-state index contributed by atoms with van der Waals surface area (Å²) in [5, 5.41) is 50.2. The Kier molecular flexibility index (Phi) is 8.32. The van der Waals surface area contributed by atoms with E-state index in [0.717, 1.165) is 0 Å². The number of aliphatic hydroxyl groups is 4. The minimum Gasteiger partial charge on any atom is -0.504 e. The number of phenols is 1. The first-order valence-electron chi connectivity index (χ1n) is 11.6. The molecular formula is C26H30O11. The Bertz CT molecular complexity index is 1130. The number of methoxy groups -OCH3 is 2. The maximum atomic E-state index is 10.9. The van der Waals surface area contributed by atoms with E-state index in [0.29, 0.717) is 34.5 Å². The molecule has 1 fully saturated rings. The van der Waals surface area contributed by atoms with Gasteiger partial charge in [-0.1, -0.05) is 12.1 Å². The highest BCUT2D eigenvalue weighted by Crippen LogP contribution is 2.52. The number of hydrogen-bond acceptors (Lipinski definition) is 11. The molecule has 5 N–H and O–H groups in total. The first-order valence-corrected chi connectivity index (χ1v) is 11.6. The highest BCUT2D eigenvalue weighted by Gasteiger charge is 2.45. The maximum absolute atomic E-state index is 10.9. The van der Waals surface area contributed by atoms with E-state index in [1.165, 1.54) is 26.4 Å². The van der Waals surface area contributed by atoms with Crippen molar-refractivity contribution in [3.63, 3.8) is 0 Å². The molecule has 0 bridgehead atoms. The number of aromatic hydroxyl groups is 1. The van der Waals surface area contributed by atoms with Crippen LogP contribution in [0.4, 0.5) is 0 Å². The molecule has 200 valence electrons. The summed E-state index contributed by atoms with van der Waals surface area (Å²) >= 11 is 0. The fourth-order valence-electron chi connectivity index (χ4n) is 4.57. The molecule has 0 saturated carbocycles. The van der Waals surface area contributed by atoms with Crippen molar-refractivity contribution in [1.82, 2.24) is 0 Å². The van der Waals surface area contributed by atoms with E-state index in [1.807, 2.05) is 6.07 Å². The Morgan fingerprint density at radius 2 is 1.76 bits per heavy atom. The van der Waals surface area contributed by atoms with Crippen molar-refractivity contribution in [2.45, 2.75) is 42.7 Å². The molecule has 0 unspecified atom stereocenters. The van der Waals surface area contributed by atoms with Gasteiger partial charge in [0, 0.05) is 5.56 Å². The summed E-state index contributed by atoms with van der Waals surface area (Å²) in [7, 11) is 2.92. The van der Waals surface area contributed by atoms with Crippen LogP contribution in [-0.4, -0.2) is 90.0 Å². The molecule has 11 heteroatoms. The number of aldehydes is 1. The lowest BCUT2D eigenvalue weighted by Gasteiger charge is -2.40. The lowest BCUT2D eigenvalue weighted by molar-refractivity contribution is -0.302. The zero-order chi connectivity index (χ0) is 26.7. The van der Waals surface area contributed by atoms with Gasteiger partial charge in [-0.3, -0.25) is 4.79 Å². The molecule has 4 rings (SSSR count). The van der Waals surface area contributed by atoms with E-state index < -0.39 is 49.3 Å². The lowest BCUT2D eigenvalue weighted by Crippen LogP contribution is -2.59. The van der Waals surface area contributed by atoms with E-state index in [1.54, 1.807) is 24.3 Å². The van der Waals surface area contributed by atoms with Crippen molar-refractivity contribution in [3.05, 3.63) is 53.1 Å². The molecule has 0 radical (unpaired) electrons. The Labute approximate surface area is 213 Å². The summed E-state index contributed by atoms with van der Waals surface area (Å²) in [4.78, 5) is 10.9. The predicted octanol–water partition coefficient (Wildman–Crippen LogP) is 0.655. The number of carbonyl (C=O) groups excluding carboxylic acids is 1. The summed E-state index contributed by atoms with van der Waals surface area (Å²) in [6.07, 6.45) is -4.15. The van der Waals surface area contributed by atoms with Crippen molar-refractivity contribution in [2.75, 3.05) is 27.4 Å². The van der Waals surface area contributed by atoms with Crippen molar-refractivity contribution >= 4 is 12.4 Å². The van der Waals surface area contributed by atoms with Crippen LogP contribution in [0, 0.1) is 0 Å². The largest absolute Gasteiger partial charge is 0.504 e. The number of hydrogen-bond donors (Lipinski definition) is 5. The van der Waals surface area contributed by atoms with Gasteiger partial charge in [0.1, 0.15) is 36.8 Å². The third-order valence-corrected chi connectivity index (χ3v) is 6.52. The number of fused-ring (bicyclic) bond motifs is 1. The second kappa shape index (κ2) is 11.5. The van der Waals surface area contributed by atoms with Crippen LogP contribution in [0.5, 0.6) is 23.0 Å². The molecule has 11 nitrogen and oxygen atoms in total. The minimum atomic E-state index is -1.58. The van der Waals surface area contributed by atoms with Gasteiger partial charge in [0.25, 0.3) is 0 Å². The zero-order valence-corrected chi connectivity index (χ0v) is 20.3. The molecule has 0 amide bonds. The van der Waals surface area contributed by atoms with Crippen LogP contribution in [0.1, 0.15) is 28.7 Å². The standard InChI is InChI=1S/C26H30O11/c1-33-18-10-14(5-6-17(18)29)24-16(12-35-26-23(32)22(31)21(30)20(11-28)36-26)15-8-13(4-3-7-27)9-19(34-2)25(15)37-24/h3-10,16,20-24,26,28-32H,11-12H2,1-2H3/t16-,20+,21+,22-,23+,24+,26+/m0/s1. The van der Waals surface area contributed by atoms with Crippen LogP contribution < -0.4 is 14.2 Å². The van der Waals surface area contributed by atoms with E-state index >= 15 is 0 Å². The van der Waals surface area contributed by atoms with E-state index in [4.69, 9.17) is 23.7 Å². The van der Waals surface area contributed by atoms with E-state index in [9.17, 15) is 30.3 Å². The van der Waals surface area contributed by atoms with Crippen molar-refractivity contribution < 1.29 is 54.0 Å². The first-order chi connectivity index (χ1) is 17.8. The predicted molar refractivity (Wildman–Crippen MR) is 129 cm³/mol. The van der Waals surface area contributed by atoms with Crippen molar-refractivity contribution in [2.24, 2.45) is 0 Å². The number of ether oxygens (including phenoxy) is 5. The average molecular weight is 519 g/mol. The summed E-state index contributed by atoms with van der Waals surface area (Å²) in [5.41, 5.74) is 2.01. The third kappa shape index (κ3) is 5.28. The number of allylic oxidation sites excluding steroid dienone is 1. The molecule has 0 spiro atoms. The van der Waals surface area contributed by atoms with E-state index in [-0.39, 0.29) is 18.1 Å². The summed E-state index contributed by atoms with van der Waals surface area (Å²) < 4.78 is 28.5. The van der Waals surface area contributed by atoms with Crippen LogP contribution in [0.15, 0.2) is 36.4 Å². The second-order valence-electron chi connectivity index (χ2n) is 8.74. The number of phenolic OH excluding ortho intramolecular Hbond substituents is 1. The zero-order valence-electron chi connectivity index (χ0n) is 20.3. The number of benzene rings is 2. The fourth-order valence-corrected chi connectivity index (χ4v) is 4.57. The summed E-state index contributed by atoms with van der Waals surface area (Å²) in [6.45, 7) is -0.659. The Morgan fingerprint density at radius 1 is 1.00 bits per heavy atom. The smallest absolute Gasteiger partial charge is 0.186 e. The second-order valence-corrected chi connectivity index (χ2v) is 8.74. The highest BCUT2D eigenvalue weighted by molar-refractivity contribution is 5.75. The molecule has 0 aromatic heterocycles. The Morgan fingerprint density at radius 3 is 2.43 bits per heavy atom. The molecule has 2 aromatic rings. The quantitative estimate of drug-likeness (QED) is 0.234. The first kappa shape index (κ1) is 26.9. The highest BCUT2D eigenvalue weighted by atomic mass is 16.7. The summed E-state index contributed by atoms with van der Waals surface area (Å²) in [6, 6.07) is 8.32. The lowest BCUT2D eigenvalue weighted by atomic mass is 9.90. The average Bonchev–Trinajstić information content (AvgIpc) is 3.28. The number of aliphatic hydroxyl groups excluding tert-OH is 4. The van der Waals surface area contributed by atoms with Gasteiger partial charge in [-0.15, -0.1) is 0 Å². The molecule has 1 saturated heterocycles. The van der Waals surface area contributed by atoms with Gasteiger partial charge in [0.2, 0.25) is 0 Å². The Balaban J connectivity index is 1.70. The van der Waals surface area contributed by atoms with Gasteiger partial charge in [-0.2, -0.15) is 0 Å². The topological polar surface area (TPSA) is 164 Å². The van der Waals surface area contributed by atoms with Crippen LogP contribution in [0.25, 0.3) is 6.08 Å². The van der Waals surface area contributed by atoms with Gasteiger partial charge in [-0.05, 0) is 41.5 Å². The van der Waals surface area contributed by atoms with Gasteiger partial charge in [0.05, 0.1) is 33.4 Å². The summed E-state index contributed by atoms with van der Waals surface area (Å²) in [5.74, 6) is 0.566. The van der Waals surface area contributed by atoms with Crippen LogP contribution in [0.2, 0.25) is 0 Å². The molecule has 2 aliphatic rings. The fraction of sp³-hybridized carbons (Fsp3) is 0.423. The molecule has 2 heterocycles. The van der Waals surface area contributed by atoms with Crippen molar-refractivity contribution in [1.29, 1.82) is 0 Å². The van der Waals surface area contributed by atoms with Crippen LogP contribution >= 0.6 is 0 Å². The van der Waals surface area contributed by atoms with Crippen LogP contribution in [-0.2, 0) is 14.3 Å². The normalized spacial score (nSPS) is 29.1. The monoisotopic (exact) mass is 518 g/mol. The van der Waals surface area contributed by atoms with E-state index in [2.05, 4.69) is 0 Å². The number of carbonyl (C=O) groups is 1. The molecule has 2 aliphatic heterocycles. The van der Waals surface area contributed by atoms with Gasteiger partial charge >= 0.3 is 0 Å². The molecule has 37 heavy (non-hydrogen) atoms. The van der Waals surface area contributed by atoms with Gasteiger partial charge < -0.3 is 49.2 Å². The third-order valence-electron chi connectivity index (χ3n) is 6.52. The van der Waals surface area contributed by atoms with Gasteiger partial charge in [-0.25, -0.2) is 0 Å². The Hall–Kier alpha value is -3.19. The molecule has 7 atom stereocenters. The van der Waals surface area contributed by atoms with Crippen LogP contribution in [0.3, 0.4) is 0 Å². The molecular weight excluding hydrogens is 488 g/mol. The van der Waals surface area contributed by atoms with Crippen molar-refractivity contribution in [3.8, 4) is 23.0 Å². The minimum absolute atomic E-state index is 0.0465. The SMILES string of the molecule is COc1cc([C@H]2Oc3c(OC)cc(C=CC=O)cc3[C@@H]2CO[C@@H]2O[C@H](CO)[C@@H](O)[C@H](O)[C@H]2O)ccc1O. The van der Waals surface area contributed by atoms with Gasteiger partial charge in [0.15, 0.2) is 29.3 Å².